The quantitative estimate of drug-likeness (QED) is 0.698. The summed E-state index contributed by atoms with van der Waals surface area (Å²) in [6.45, 7) is 2.17. The van der Waals surface area contributed by atoms with E-state index in [0.29, 0.717) is 22.6 Å². The van der Waals surface area contributed by atoms with Crippen LogP contribution in [0.1, 0.15) is 13.3 Å². The minimum atomic E-state index is -0.593. The van der Waals surface area contributed by atoms with Crippen molar-refractivity contribution < 1.29 is 19.1 Å². The number of hydrogen-bond acceptors (Lipinski definition) is 5. The maximum absolute atomic E-state index is 12.6. The number of ether oxygens (including phenoxy) is 2. The van der Waals surface area contributed by atoms with Crippen LogP contribution in [0, 0.1) is 0 Å². The lowest BCUT2D eigenvalue weighted by molar-refractivity contribution is -0.149. The zero-order chi connectivity index (χ0) is 19.2. The second-order valence-electron chi connectivity index (χ2n) is 6.13. The number of hydrogen-bond donors (Lipinski definition) is 0. The Bertz CT molecular complexity index is 812. The third kappa shape index (κ3) is 5.40. The third-order valence-corrected chi connectivity index (χ3v) is 5.56. The maximum atomic E-state index is 12.6. The van der Waals surface area contributed by atoms with Crippen molar-refractivity contribution in [2.75, 3.05) is 24.7 Å². The average molecular weight is 406 g/mol. The molecule has 0 spiro atoms. The first kappa shape index (κ1) is 19.6. The molecule has 0 bridgehead atoms. The molecule has 0 aliphatic carbocycles. The fourth-order valence-electron chi connectivity index (χ4n) is 2.68. The molecule has 142 valence electrons. The van der Waals surface area contributed by atoms with Gasteiger partial charge in [-0.1, -0.05) is 30.7 Å². The lowest BCUT2D eigenvalue weighted by atomic mass is 10.2. The molecule has 3 rings (SSSR count). The number of rotatable bonds is 5. The number of thioether (sulfide) groups is 1. The van der Waals surface area contributed by atoms with Gasteiger partial charge in [-0.15, -0.1) is 11.8 Å². The average Bonchev–Trinajstić information content (AvgIpc) is 2.84. The van der Waals surface area contributed by atoms with E-state index < -0.39 is 5.97 Å². The molecule has 0 unspecified atom stereocenters. The maximum Gasteiger partial charge on any atom is 0.344 e. The van der Waals surface area contributed by atoms with Crippen LogP contribution < -0.4 is 9.64 Å². The Kier molecular flexibility index (Phi) is 6.63. The molecule has 2 aromatic rings. The molecule has 0 aromatic heterocycles. The topological polar surface area (TPSA) is 55.8 Å². The summed E-state index contributed by atoms with van der Waals surface area (Å²) in [5.41, 5.74) is 0.866. The molecular weight excluding hydrogens is 386 g/mol. The van der Waals surface area contributed by atoms with Crippen molar-refractivity contribution in [3.63, 3.8) is 0 Å². The van der Waals surface area contributed by atoms with Gasteiger partial charge in [-0.25, -0.2) is 4.79 Å². The summed E-state index contributed by atoms with van der Waals surface area (Å²) in [5, 5.41) is 1.00. The zero-order valence-corrected chi connectivity index (χ0v) is 16.5. The molecule has 1 amide bonds. The summed E-state index contributed by atoms with van der Waals surface area (Å²) < 4.78 is 10.4. The van der Waals surface area contributed by atoms with E-state index in [9.17, 15) is 9.59 Å². The molecule has 1 heterocycles. The smallest absolute Gasteiger partial charge is 0.344 e. The third-order valence-electron chi connectivity index (χ3n) is 4.07. The van der Waals surface area contributed by atoms with Gasteiger partial charge in [0.2, 0.25) is 0 Å². The van der Waals surface area contributed by atoms with E-state index in [1.165, 1.54) is 0 Å². The molecule has 7 heteroatoms. The summed E-state index contributed by atoms with van der Waals surface area (Å²) in [6, 6.07) is 14.4. The summed E-state index contributed by atoms with van der Waals surface area (Å²) in [5.74, 6) is -0.323. The van der Waals surface area contributed by atoms with Crippen LogP contribution in [0.2, 0.25) is 5.02 Å². The largest absolute Gasteiger partial charge is 0.482 e. The first-order valence-electron chi connectivity index (χ1n) is 8.63. The molecule has 0 N–H and O–H groups in total. The molecule has 0 fully saturated rings. The van der Waals surface area contributed by atoms with Crippen molar-refractivity contribution in [3.8, 4) is 5.75 Å². The predicted molar refractivity (Wildman–Crippen MR) is 107 cm³/mol. The van der Waals surface area contributed by atoms with Crippen molar-refractivity contribution in [1.82, 2.24) is 0 Å². The minimum absolute atomic E-state index is 0.239. The van der Waals surface area contributed by atoms with Crippen molar-refractivity contribution >= 4 is 40.9 Å². The zero-order valence-electron chi connectivity index (χ0n) is 14.9. The SMILES string of the molecule is C[C@@H]1CCN(C(=O)COC(=O)COc2ccc(Cl)cc2)c2ccccc2S1. The van der Waals surface area contributed by atoms with Crippen molar-refractivity contribution in [2.45, 2.75) is 23.5 Å². The highest BCUT2D eigenvalue weighted by atomic mass is 35.5. The fraction of sp³-hybridized carbons (Fsp3) is 0.300. The standard InChI is InChI=1S/C20H20ClNO4S/c1-14-10-11-22(17-4-2-3-5-18(17)27-14)19(23)12-26-20(24)13-25-16-8-6-15(21)7-9-16/h2-9,14H,10-13H2,1H3/t14-/m1/s1. The van der Waals surface area contributed by atoms with Gasteiger partial charge in [-0.2, -0.15) is 0 Å². The molecule has 2 aromatic carbocycles. The summed E-state index contributed by atoms with van der Waals surface area (Å²) >= 11 is 7.55. The van der Waals surface area contributed by atoms with Crippen molar-refractivity contribution in [3.05, 3.63) is 53.6 Å². The number of carbonyl (C=O) groups excluding carboxylic acids is 2. The molecule has 5 nitrogen and oxygen atoms in total. The molecule has 0 saturated heterocycles. The van der Waals surface area contributed by atoms with E-state index in [1.807, 2.05) is 24.3 Å². The second kappa shape index (κ2) is 9.15. The Labute approximate surface area is 167 Å². The number of esters is 1. The van der Waals surface area contributed by atoms with Crippen LogP contribution >= 0.6 is 23.4 Å². The van der Waals surface area contributed by atoms with Crippen LogP contribution in [-0.2, 0) is 14.3 Å². The van der Waals surface area contributed by atoms with Gasteiger partial charge in [-0.3, -0.25) is 4.79 Å². The van der Waals surface area contributed by atoms with Crippen molar-refractivity contribution in [2.24, 2.45) is 0 Å². The number of nitrogens with zero attached hydrogens (tertiary/aromatic N) is 1. The predicted octanol–water partition coefficient (Wildman–Crippen LogP) is 4.18. The van der Waals surface area contributed by atoms with E-state index in [0.717, 1.165) is 17.0 Å². The van der Waals surface area contributed by atoms with Crippen LogP contribution in [0.15, 0.2) is 53.4 Å². The van der Waals surface area contributed by atoms with E-state index in [-0.39, 0.29) is 19.1 Å². The Morgan fingerprint density at radius 2 is 1.89 bits per heavy atom. The lowest BCUT2D eigenvalue weighted by Crippen LogP contribution is -2.36. The van der Waals surface area contributed by atoms with E-state index >= 15 is 0 Å². The Balaban J connectivity index is 1.54. The highest BCUT2D eigenvalue weighted by molar-refractivity contribution is 8.00. The molecule has 0 radical (unpaired) electrons. The molecule has 1 atom stereocenters. The minimum Gasteiger partial charge on any atom is -0.482 e. The Hall–Kier alpha value is -2.18. The van der Waals surface area contributed by atoms with Crippen LogP contribution in [0.3, 0.4) is 0 Å². The van der Waals surface area contributed by atoms with Gasteiger partial charge < -0.3 is 14.4 Å². The number of para-hydroxylation sites is 1. The van der Waals surface area contributed by atoms with Crippen LogP contribution in [0.4, 0.5) is 5.69 Å². The van der Waals surface area contributed by atoms with Gasteiger partial charge in [0.15, 0.2) is 13.2 Å². The molecular formula is C20H20ClNO4S. The Morgan fingerprint density at radius 1 is 1.15 bits per heavy atom. The molecule has 27 heavy (non-hydrogen) atoms. The highest BCUT2D eigenvalue weighted by Crippen LogP contribution is 2.37. The first-order valence-corrected chi connectivity index (χ1v) is 9.89. The summed E-state index contributed by atoms with van der Waals surface area (Å²) in [7, 11) is 0. The van der Waals surface area contributed by atoms with Crippen LogP contribution in [0.25, 0.3) is 0 Å². The van der Waals surface area contributed by atoms with Gasteiger partial charge in [0, 0.05) is 21.7 Å². The van der Waals surface area contributed by atoms with Crippen LogP contribution in [0.5, 0.6) is 5.75 Å². The normalized spacial score (nSPS) is 16.2. The number of benzene rings is 2. The fourth-order valence-corrected chi connectivity index (χ4v) is 3.92. The summed E-state index contributed by atoms with van der Waals surface area (Å²) in [4.78, 5) is 27.3. The van der Waals surface area contributed by atoms with E-state index in [2.05, 4.69) is 6.92 Å². The van der Waals surface area contributed by atoms with Gasteiger partial charge >= 0.3 is 5.97 Å². The molecule has 0 saturated carbocycles. The first-order chi connectivity index (χ1) is 13.0. The number of carbonyl (C=O) groups is 2. The van der Waals surface area contributed by atoms with E-state index in [4.69, 9.17) is 21.1 Å². The lowest BCUT2D eigenvalue weighted by Gasteiger charge is -2.22. The Morgan fingerprint density at radius 3 is 2.67 bits per heavy atom. The molecule has 1 aliphatic rings. The number of amides is 1. The van der Waals surface area contributed by atoms with Gasteiger partial charge in [0.05, 0.1) is 5.69 Å². The second-order valence-corrected chi connectivity index (χ2v) is 8.05. The number of halogens is 1. The molecule has 1 aliphatic heterocycles. The van der Waals surface area contributed by atoms with Gasteiger partial charge in [-0.05, 0) is 42.8 Å². The van der Waals surface area contributed by atoms with E-state index in [1.54, 1.807) is 40.9 Å². The van der Waals surface area contributed by atoms with Crippen LogP contribution in [-0.4, -0.2) is 36.9 Å². The monoisotopic (exact) mass is 405 g/mol. The highest BCUT2D eigenvalue weighted by Gasteiger charge is 2.24. The van der Waals surface area contributed by atoms with Gasteiger partial charge in [0.1, 0.15) is 5.75 Å². The number of anilines is 1. The van der Waals surface area contributed by atoms with Crippen molar-refractivity contribution in [1.29, 1.82) is 0 Å². The number of fused-ring (bicyclic) bond motifs is 1. The summed E-state index contributed by atoms with van der Waals surface area (Å²) in [6.07, 6.45) is 0.874. The van der Waals surface area contributed by atoms with Gasteiger partial charge in [0.25, 0.3) is 5.91 Å².